The minimum absolute atomic E-state index is 0.288. The van der Waals surface area contributed by atoms with Crippen molar-refractivity contribution in [3.05, 3.63) is 69.1 Å². The SMILES string of the molecule is NC(c1ncc(Br)cc1Br)c1cccc2cnccc12. The van der Waals surface area contributed by atoms with Gasteiger partial charge in [0.15, 0.2) is 0 Å². The first-order valence-corrected chi connectivity index (χ1v) is 7.64. The van der Waals surface area contributed by atoms with Gasteiger partial charge in [-0.3, -0.25) is 9.97 Å². The summed E-state index contributed by atoms with van der Waals surface area (Å²) < 4.78 is 1.81. The van der Waals surface area contributed by atoms with Crippen molar-refractivity contribution in [1.29, 1.82) is 0 Å². The molecule has 0 aliphatic carbocycles. The molecule has 1 atom stereocenters. The molecule has 3 rings (SSSR count). The highest BCUT2D eigenvalue weighted by Gasteiger charge is 2.16. The molecule has 20 heavy (non-hydrogen) atoms. The van der Waals surface area contributed by atoms with Crippen LogP contribution in [0.2, 0.25) is 0 Å². The van der Waals surface area contributed by atoms with E-state index >= 15 is 0 Å². The molecule has 2 aromatic heterocycles. The van der Waals surface area contributed by atoms with Gasteiger partial charge in [0.2, 0.25) is 0 Å². The van der Waals surface area contributed by atoms with E-state index in [1.165, 1.54) is 0 Å². The summed E-state index contributed by atoms with van der Waals surface area (Å²) in [4.78, 5) is 8.57. The minimum Gasteiger partial charge on any atom is -0.319 e. The van der Waals surface area contributed by atoms with Gasteiger partial charge in [-0.05, 0) is 54.9 Å². The lowest BCUT2D eigenvalue weighted by molar-refractivity contribution is 0.828. The fourth-order valence-corrected chi connectivity index (χ4v) is 3.45. The predicted octanol–water partition coefficient (Wildman–Crippen LogP) is 4.20. The molecule has 3 nitrogen and oxygen atoms in total. The largest absolute Gasteiger partial charge is 0.319 e. The summed E-state index contributed by atoms with van der Waals surface area (Å²) in [6, 6.07) is 9.70. The van der Waals surface area contributed by atoms with Crippen LogP contribution in [0.5, 0.6) is 0 Å². The molecule has 0 aliphatic heterocycles. The lowest BCUT2D eigenvalue weighted by Gasteiger charge is -2.15. The molecule has 0 saturated carbocycles. The van der Waals surface area contributed by atoms with Crippen molar-refractivity contribution in [1.82, 2.24) is 9.97 Å². The van der Waals surface area contributed by atoms with E-state index in [2.05, 4.69) is 41.8 Å². The van der Waals surface area contributed by atoms with E-state index in [0.29, 0.717) is 0 Å². The highest BCUT2D eigenvalue weighted by Crippen LogP contribution is 2.30. The Kier molecular flexibility index (Phi) is 3.83. The second kappa shape index (κ2) is 5.60. The second-order valence-electron chi connectivity index (χ2n) is 4.44. The van der Waals surface area contributed by atoms with E-state index in [1.54, 1.807) is 12.4 Å². The third-order valence-corrected chi connectivity index (χ3v) is 4.25. The lowest BCUT2D eigenvalue weighted by atomic mass is 9.98. The van der Waals surface area contributed by atoms with E-state index in [0.717, 1.165) is 31.0 Å². The first-order chi connectivity index (χ1) is 9.66. The number of nitrogens with two attached hydrogens (primary N) is 1. The maximum absolute atomic E-state index is 6.41. The molecule has 0 bridgehead atoms. The van der Waals surface area contributed by atoms with Crippen LogP contribution < -0.4 is 5.73 Å². The molecule has 1 unspecified atom stereocenters. The number of hydrogen-bond donors (Lipinski definition) is 1. The number of halogens is 2. The summed E-state index contributed by atoms with van der Waals surface area (Å²) in [5.41, 5.74) is 8.26. The number of fused-ring (bicyclic) bond motifs is 1. The first-order valence-electron chi connectivity index (χ1n) is 6.06. The van der Waals surface area contributed by atoms with Gasteiger partial charge in [0.1, 0.15) is 0 Å². The molecule has 2 N–H and O–H groups in total. The molecular formula is C15H11Br2N3. The molecule has 3 aromatic rings. The van der Waals surface area contributed by atoms with Crippen molar-refractivity contribution in [3.63, 3.8) is 0 Å². The van der Waals surface area contributed by atoms with Crippen LogP contribution in [0.4, 0.5) is 0 Å². The number of rotatable bonds is 2. The Morgan fingerprint density at radius 2 is 1.95 bits per heavy atom. The van der Waals surface area contributed by atoms with Crippen molar-refractivity contribution in [2.75, 3.05) is 0 Å². The van der Waals surface area contributed by atoms with Gasteiger partial charge in [-0.1, -0.05) is 18.2 Å². The molecule has 100 valence electrons. The van der Waals surface area contributed by atoms with Gasteiger partial charge in [0.25, 0.3) is 0 Å². The summed E-state index contributed by atoms with van der Waals surface area (Å²) >= 11 is 6.92. The summed E-state index contributed by atoms with van der Waals surface area (Å²) in [7, 11) is 0. The molecule has 2 heterocycles. The molecule has 0 spiro atoms. The number of nitrogens with zero attached hydrogens (tertiary/aromatic N) is 2. The predicted molar refractivity (Wildman–Crippen MR) is 87.4 cm³/mol. The zero-order valence-corrected chi connectivity index (χ0v) is 13.6. The standard InChI is InChI=1S/C15H11Br2N3/c16-10-6-13(17)15(20-8-10)14(18)12-3-1-2-9-7-19-5-4-11(9)12/h1-8,14H,18H2. The van der Waals surface area contributed by atoms with E-state index < -0.39 is 0 Å². The monoisotopic (exact) mass is 391 g/mol. The first kappa shape index (κ1) is 13.7. The Hall–Kier alpha value is -1.30. The van der Waals surface area contributed by atoms with Gasteiger partial charge >= 0.3 is 0 Å². The van der Waals surface area contributed by atoms with E-state index in [9.17, 15) is 0 Å². The van der Waals surface area contributed by atoms with Crippen LogP contribution in [0, 0.1) is 0 Å². The van der Waals surface area contributed by atoms with Gasteiger partial charge in [-0.2, -0.15) is 0 Å². The molecule has 5 heteroatoms. The zero-order valence-electron chi connectivity index (χ0n) is 10.4. The van der Waals surface area contributed by atoms with Gasteiger partial charge in [0.05, 0.1) is 11.7 Å². The van der Waals surface area contributed by atoms with Gasteiger partial charge in [-0.15, -0.1) is 0 Å². The molecule has 0 aliphatic rings. The average Bonchev–Trinajstić information content (AvgIpc) is 2.46. The molecule has 0 fully saturated rings. The Morgan fingerprint density at radius 3 is 2.75 bits per heavy atom. The second-order valence-corrected chi connectivity index (χ2v) is 6.21. The quantitative estimate of drug-likeness (QED) is 0.710. The summed E-state index contributed by atoms with van der Waals surface area (Å²) in [6.45, 7) is 0. The Labute approximate surface area is 133 Å². The van der Waals surface area contributed by atoms with Crippen LogP contribution in [0.1, 0.15) is 17.3 Å². The van der Waals surface area contributed by atoms with Crippen molar-refractivity contribution in [2.24, 2.45) is 5.73 Å². The van der Waals surface area contributed by atoms with Crippen molar-refractivity contribution in [3.8, 4) is 0 Å². The molecule has 0 saturated heterocycles. The van der Waals surface area contributed by atoms with Crippen LogP contribution in [0.3, 0.4) is 0 Å². The van der Waals surface area contributed by atoms with Crippen LogP contribution >= 0.6 is 31.9 Å². The van der Waals surface area contributed by atoms with Gasteiger partial charge < -0.3 is 5.73 Å². The van der Waals surface area contributed by atoms with Crippen LogP contribution in [-0.2, 0) is 0 Å². The highest BCUT2D eigenvalue weighted by molar-refractivity contribution is 9.11. The van der Waals surface area contributed by atoms with E-state index in [-0.39, 0.29) is 6.04 Å². The number of hydrogen-bond acceptors (Lipinski definition) is 3. The van der Waals surface area contributed by atoms with E-state index in [4.69, 9.17) is 5.73 Å². The van der Waals surface area contributed by atoms with Crippen LogP contribution in [0.25, 0.3) is 10.8 Å². The zero-order chi connectivity index (χ0) is 14.1. The number of benzene rings is 1. The highest BCUT2D eigenvalue weighted by atomic mass is 79.9. The maximum Gasteiger partial charge on any atom is 0.0759 e. The van der Waals surface area contributed by atoms with Gasteiger partial charge in [-0.25, -0.2) is 0 Å². The topological polar surface area (TPSA) is 51.8 Å². The summed E-state index contributed by atoms with van der Waals surface area (Å²) in [5.74, 6) is 0. The third-order valence-electron chi connectivity index (χ3n) is 3.18. The molecule has 1 aromatic carbocycles. The molecule has 0 radical (unpaired) electrons. The average molecular weight is 393 g/mol. The van der Waals surface area contributed by atoms with Crippen molar-refractivity contribution < 1.29 is 0 Å². The maximum atomic E-state index is 6.41. The fraction of sp³-hybridized carbons (Fsp3) is 0.0667. The van der Waals surface area contributed by atoms with Gasteiger partial charge in [0, 0.05) is 32.9 Å². The third kappa shape index (κ3) is 2.49. The minimum atomic E-state index is -0.288. The fourth-order valence-electron chi connectivity index (χ4n) is 2.22. The Balaban J connectivity index is 2.15. The summed E-state index contributed by atoms with van der Waals surface area (Å²) in [6.07, 6.45) is 5.38. The van der Waals surface area contributed by atoms with E-state index in [1.807, 2.05) is 36.5 Å². The summed E-state index contributed by atoms with van der Waals surface area (Å²) in [5, 5.41) is 2.18. The lowest BCUT2D eigenvalue weighted by Crippen LogP contribution is -2.14. The molecular weight excluding hydrogens is 382 g/mol. The number of aromatic nitrogens is 2. The van der Waals surface area contributed by atoms with Crippen LogP contribution in [0.15, 0.2) is 57.9 Å². The normalized spacial score (nSPS) is 12.6. The Bertz CT molecular complexity index is 769. The van der Waals surface area contributed by atoms with Crippen molar-refractivity contribution >= 4 is 42.6 Å². The number of pyridine rings is 2. The van der Waals surface area contributed by atoms with Crippen LogP contribution in [-0.4, -0.2) is 9.97 Å². The molecule has 0 amide bonds. The smallest absolute Gasteiger partial charge is 0.0759 e. The van der Waals surface area contributed by atoms with Crippen molar-refractivity contribution in [2.45, 2.75) is 6.04 Å². The Morgan fingerprint density at radius 1 is 1.10 bits per heavy atom.